The number of halogens is 1. The van der Waals surface area contributed by atoms with Gasteiger partial charge in [-0.2, -0.15) is 0 Å². The quantitative estimate of drug-likeness (QED) is 0.226. The Balaban J connectivity index is 1.41. The number of pyridine rings is 1. The number of rotatable bonds is 8. The van der Waals surface area contributed by atoms with Crippen LogP contribution in [0.15, 0.2) is 77.7 Å². The zero-order valence-electron chi connectivity index (χ0n) is 21.9. The molecule has 0 saturated carbocycles. The lowest BCUT2D eigenvalue weighted by Gasteiger charge is -2.13. The van der Waals surface area contributed by atoms with Crippen molar-refractivity contribution in [2.75, 3.05) is 14.2 Å². The Morgan fingerprint density at radius 2 is 1.67 bits per heavy atom. The lowest BCUT2D eigenvalue weighted by Crippen LogP contribution is -2.23. The number of methoxy groups -OCH3 is 2. The molecule has 0 unspecified atom stereocenters. The van der Waals surface area contributed by atoms with Crippen LogP contribution in [0.5, 0.6) is 23.0 Å². The number of aromatic nitrogens is 3. The molecule has 0 radical (unpaired) electrons. The van der Waals surface area contributed by atoms with E-state index < -0.39 is 0 Å². The molecule has 8 nitrogen and oxygen atoms in total. The molecule has 0 fully saturated rings. The molecule has 5 rings (SSSR count). The van der Waals surface area contributed by atoms with Crippen LogP contribution in [0.25, 0.3) is 16.6 Å². The first-order chi connectivity index (χ1) is 18.8. The van der Waals surface area contributed by atoms with E-state index in [9.17, 15) is 9.59 Å². The van der Waals surface area contributed by atoms with Crippen LogP contribution in [0.4, 0.5) is 0 Å². The first-order valence-corrected chi connectivity index (χ1v) is 12.5. The van der Waals surface area contributed by atoms with E-state index in [2.05, 4.69) is 4.98 Å². The van der Waals surface area contributed by atoms with E-state index >= 15 is 0 Å². The second-order valence-corrected chi connectivity index (χ2v) is 9.33. The summed E-state index contributed by atoms with van der Waals surface area (Å²) >= 11 is 6.57. The van der Waals surface area contributed by atoms with Crippen LogP contribution in [-0.4, -0.2) is 34.4 Å². The van der Waals surface area contributed by atoms with Crippen molar-refractivity contribution in [2.45, 2.75) is 13.3 Å². The lowest BCUT2D eigenvalue weighted by atomic mass is 10.0. The molecular weight excluding hydrogens is 518 g/mol. The summed E-state index contributed by atoms with van der Waals surface area (Å²) in [4.78, 5) is 30.9. The van der Waals surface area contributed by atoms with Crippen molar-refractivity contribution in [3.63, 3.8) is 0 Å². The smallest absolute Gasteiger partial charge is 0.282 e. The Morgan fingerprint density at radius 1 is 0.949 bits per heavy atom. The van der Waals surface area contributed by atoms with E-state index in [0.29, 0.717) is 50.5 Å². The van der Waals surface area contributed by atoms with Crippen LogP contribution in [-0.2, 0) is 13.5 Å². The van der Waals surface area contributed by atoms with Gasteiger partial charge in [-0.05, 0) is 48.9 Å². The third-order valence-corrected chi connectivity index (χ3v) is 7.00. The highest BCUT2D eigenvalue weighted by Gasteiger charge is 2.23. The van der Waals surface area contributed by atoms with E-state index in [1.807, 2.05) is 30.3 Å². The van der Waals surface area contributed by atoms with E-state index in [-0.39, 0.29) is 23.3 Å². The maximum atomic E-state index is 13.3. The minimum Gasteiger partial charge on any atom is -0.493 e. The van der Waals surface area contributed by atoms with Gasteiger partial charge >= 0.3 is 0 Å². The highest BCUT2D eigenvalue weighted by Crippen LogP contribution is 2.37. The number of hydrogen-bond acceptors (Lipinski definition) is 6. The second kappa shape index (κ2) is 10.7. The lowest BCUT2D eigenvalue weighted by molar-refractivity contribution is 0.0991. The maximum Gasteiger partial charge on any atom is 0.282 e. The summed E-state index contributed by atoms with van der Waals surface area (Å²) in [7, 11) is 4.89. The van der Waals surface area contributed by atoms with E-state index in [1.54, 1.807) is 75.5 Å². The molecule has 39 heavy (non-hydrogen) atoms. The van der Waals surface area contributed by atoms with Crippen LogP contribution < -0.4 is 19.8 Å². The number of para-hydroxylation sites is 1. The van der Waals surface area contributed by atoms with Crippen LogP contribution in [0, 0.1) is 6.92 Å². The normalized spacial score (nSPS) is 11.0. The zero-order chi connectivity index (χ0) is 27.7. The fraction of sp³-hybridized carbons (Fsp3) is 0.167. The summed E-state index contributed by atoms with van der Waals surface area (Å²) in [6, 6.07) is 19.7. The number of hydrogen-bond donors (Lipinski definition) is 0. The minimum absolute atomic E-state index is 0.0246. The van der Waals surface area contributed by atoms with Crippen molar-refractivity contribution in [1.29, 1.82) is 0 Å². The fourth-order valence-corrected chi connectivity index (χ4v) is 4.79. The van der Waals surface area contributed by atoms with Gasteiger partial charge in [-0.3, -0.25) is 19.3 Å². The molecule has 3 aromatic carbocycles. The molecule has 5 aromatic rings. The van der Waals surface area contributed by atoms with Crippen molar-refractivity contribution >= 4 is 28.3 Å². The summed E-state index contributed by atoms with van der Waals surface area (Å²) in [5, 5.41) is 1.09. The molecule has 0 aliphatic carbocycles. The molecule has 0 N–H and O–H groups in total. The molecule has 0 atom stereocenters. The number of nitrogens with zero attached hydrogens (tertiary/aromatic N) is 3. The summed E-state index contributed by atoms with van der Waals surface area (Å²) in [6.45, 7) is 1.76. The topological polar surface area (TPSA) is 84.6 Å². The van der Waals surface area contributed by atoms with Crippen LogP contribution >= 0.6 is 11.6 Å². The van der Waals surface area contributed by atoms with Crippen molar-refractivity contribution in [3.8, 4) is 28.7 Å². The van der Waals surface area contributed by atoms with Gasteiger partial charge < -0.3 is 14.2 Å². The minimum atomic E-state index is -0.362. The Hall–Kier alpha value is -4.56. The Kier molecular flexibility index (Phi) is 7.13. The van der Waals surface area contributed by atoms with Crippen LogP contribution in [0.3, 0.4) is 0 Å². The van der Waals surface area contributed by atoms with E-state index in [1.165, 1.54) is 4.68 Å². The molecule has 0 spiro atoms. The second-order valence-electron chi connectivity index (χ2n) is 8.93. The highest BCUT2D eigenvalue weighted by atomic mass is 35.5. The largest absolute Gasteiger partial charge is 0.493 e. The number of benzene rings is 3. The average Bonchev–Trinajstić information content (AvgIpc) is 3.17. The Labute approximate surface area is 229 Å². The summed E-state index contributed by atoms with van der Waals surface area (Å²) in [6.07, 6.45) is 1.62. The van der Waals surface area contributed by atoms with Crippen LogP contribution in [0.1, 0.15) is 21.6 Å². The first-order valence-electron chi connectivity index (χ1n) is 12.2. The molecule has 2 aromatic heterocycles. The van der Waals surface area contributed by atoms with Gasteiger partial charge in [0.05, 0.1) is 25.4 Å². The van der Waals surface area contributed by atoms with Gasteiger partial charge in [-0.1, -0.05) is 35.9 Å². The molecule has 198 valence electrons. The summed E-state index contributed by atoms with van der Waals surface area (Å²) in [5.41, 5.74) is 2.32. The average molecular weight is 544 g/mol. The number of carbonyl (C=O) groups is 1. The molecule has 0 saturated heterocycles. The molecular formula is C30H26ClN3O5. The predicted molar refractivity (Wildman–Crippen MR) is 150 cm³/mol. The number of ketones is 1. The van der Waals surface area contributed by atoms with Gasteiger partial charge in [0.15, 0.2) is 17.3 Å². The number of fused-ring (bicyclic) bond motifs is 1. The maximum absolute atomic E-state index is 13.3. The number of ether oxygens (including phenoxy) is 3. The van der Waals surface area contributed by atoms with Crippen molar-refractivity contribution in [2.24, 2.45) is 7.05 Å². The van der Waals surface area contributed by atoms with Crippen LogP contribution in [0.2, 0.25) is 5.02 Å². The van der Waals surface area contributed by atoms with E-state index in [0.717, 1.165) is 5.39 Å². The van der Waals surface area contributed by atoms with Gasteiger partial charge in [-0.15, -0.1) is 0 Å². The van der Waals surface area contributed by atoms with Crippen molar-refractivity contribution in [3.05, 3.63) is 105 Å². The molecule has 0 aliphatic heterocycles. The number of carbonyl (C=O) groups excluding carboxylic acids is 1. The number of Topliss-reactive ketones (excluding diaryl/α,β-unsaturated/α-hetero) is 1. The van der Waals surface area contributed by atoms with Gasteiger partial charge in [0.1, 0.15) is 17.1 Å². The molecule has 9 heteroatoms. The third-order valence-electron chi connectivity index (χ3n) is 6.64. The highest BCUT2D eigenvalue weighted by molar-refractivity contribution is 6.31. The summed E-state index contributed by atoms with van der Waals surface area (Å²) < 4.78 is 20.1. The van der Waals surface area contributed by atoms with Crippen molar-refractivity contribution in [1.82, 2.24) is 14.3 Å². The standard InChI is InChI=1S/C30H26ClN3O5/c1-18-29(30(36)34(33(18)2)20-8-6-5-7-9-20)25(35)14-19-10-11-21(15-23(19)31)39-26-12-13-32-24-17-28(38-4)27(37-3)16-22(24)26/h5-13,15-17H,14H2,1-4H3. The van der Waals surface area contributed by atoms with Gasteiger partial charge in [0, 0.05) is 41.8 Å². The zero-order valence-corrected chi connectivity index (χ0v) is 22.7. The first kappa shape index (κ1) is 26.1. The fourth-order valence-electron chi connectivity index (χ4n) is 4.55. The summed E-state index contributed by atoms with van der Waals surface area (Å²) in [5.74, 6) is 1.86. The molecule has 2 heterocycles. The molecule has 0 aliphatic rings. The molecule has 0 amide bonds. The van der Waals surface area contributed by atoms with Crippen molar-refractivity contribution < 1.29 is 19.0 Å². The molecule has 0 bridgehead atoms. The monoisotopic (exact) mass is 543 g/mol. The van der Waals surface area contributed by atoms with Gasteiger partial charge in [-0.25, -0.2) is 4.68 Å². The third kappa shape index (κ3) is 4.86. The van der Waals surface area contributed by atoms with Gasteiger partial charge in [0.25, 0.3) is 5.56 Å². The SMILES string of the molecule is COc1cc2nccc(Oc3ccc(CC(=O)c4c(C)n(C)n(-c5ccccc5)c4=O)c(Cl)c3)c2cc1OC. The Morgan fingerprint density at radius 3 is 2.36 bits per heavy atom. The predicted octanol–water partition coefficient (Wildman–Crippen LogP) is 5.92. The Bertz CT molecular complexity index is 1760. The van der Waals surface area contributed by atoms with Gasteiger partial charge in [0.2, 0.25) is 0 Å². The van der Waals surface area contributed by atoms with E-state index in [4.69, 9.17) is 25.8 Å².